The number of hydrogen-bond acceptors (Lipinski definition) is 3. The van der Waals surface area contributed by atoms with E-state index in [-0.39, 0.29) is 6.54 Å². The highest BCUT2D eigenvalue weighted by Gasteiger charge is 2.21. The molecule has 0 saturated carbocycles. The predicted molar refractivity (Wildman–Crippen MR) is 74.9 cm³/mol. The van der Waals surface area contributed by atoms with Crippen LogP contribution in [0.15, 0.2) is 24.3 Å². The Bertz CT molecular complexity index is 468. The number of aryl methyl sites for hydroxylation is 1. The monoisotopic (exact) mass is 270 g/mol. The lowest BCUT2D eigenvalue weighted by Gasteiger charge is -2.14. The Morgan fingerprint density at radius 1 is 1.33 bits per heavy atom. The molecule has 4 nitrogen and oxygen atoms in total. The largest absolute Gasteiger partial charge is 0.329 e. The fraction of sp³-hybridized carbons (Fsp3) is 0.538. The third-order valence-electron chi connectivity index (χ3n) is 3.12. The standard InChI is InChI=1S/C13H22N2O2S/c1-3-13(10-14)18(16,17)15-9-8-12-7-5-4-6-11(12)2/h4-7,13,15H,3,8-10,14H2,1-2H3. The van der Waals surface area contributed by atoms with Crippen LogP contribution in [0.1, 0.15) is 24.5 Å². The van der Waals surface area contributed by atoms with Crippen molar-refractivity contribution in [1.29, 1.82) is 0 Å². The first-order valence-electron chi connectivity index (χ1n) is 6.24. The van der Waals surface area contributed by atoms with Gasteiger partial charge in [-0.05, 0) is 30.9 Å². The van der Waals surface area contributed by atoms with E-state index >= 15 is 0 Å². The minimum atomic E-state index is -3.28. The van der Waals surface area contributed by atoms with Gasteiger partial charge in [0.25, 0.3) is 0 Å². The summed E-state index contributed by atoms with van der Waals surface area (Å²) in [4.78, 5) is 0. The third-order valence-corrected chi connectivity index (χ3v) is 5.13. The molecule has 18 heavy (non-hydrogen) atoms. The summed E-state index contributed by atoms with van der Waals surface area (Å²) < 4.78 is 26.4. The third kappa shape index (κ3) is 4.08. The predicted octanol–water partition coefficient (Wildman–Crippen LogP) is 1.19. The minimum Gasteiger partial charge on any atom is -0.329 e. The molecule has 0 amide bonds. The van der Waals surface area contributed by atoms with Gasteiger partial charge in [-0.3, -0.25) is 0 Å². The van der Waals surface area contributed by atoms with Crippen LogP contribution in [0, 0.1) is 6.92 Å². The van der Waals surface area contributed by atoms with E-state index in [9.17, 15) is 8.42 Å². The van der Waals surface area contributed by atoms with Gasteiger partial charge in [-0.2, -0.15) is 0 Å². The molecule has 0 spiro atoms. The molecule has 5 heteroatoms. The molecule has 0 aromatic heterocycles. The van der Waals surface area contributed by atoms with E-state index in [0.29, 0.717) is 19.4 Å². The van der Waals surface area contributed by atoms with Gasteiger partial charge in [0.15, 0.2) is 0 Å². The van der Waals surface area contributed by atoms with Crippen LogP contribution in [-0.4, -0.2) is 26.8 Å². The molecule has 3 N–H and O–H groups in total. The van der Waals surface area contributed by atoms with Crippen molar-refractivity contribution < 1.29 is 8.42 Å². The SMILES string of the molecule is CCC(CN)S(=O)(=O)NCCc1ccccc1C. The average Bonchev–Trinajstić information content (AvgIpc) is 2.32. The summed E-state index contributed by atoms with van der Waals surface area (Å²) in [5.74, 6) is 0. The maximum atomic E-state index is 11.9. The van der Waals surface area contributed by atoms with Crippen LogP contribution in [0.5, 0.6) is 0 Å². The van der Waals surface area contributed by atoms with Crippen molar-refractivity contribution in [2.24, 2.45) is 5.73 Å². The molecule has 1 aromatic rings. The highest BCUT2D eigenvalue weighted by Crippen LogP contribution is 2.08. The van der Waals surface area contributed by atoms with Crippen LogP contribution in [0.4, 0.5) is 0 Å². The molecule has 0 aliphatic rings. The van der Waals surface area contributed by atoms with Gasteiger partial charge in [0.2, 0.25) is 10.0 Å². The molecule has 1 unspecified atom stereocenters. The van der Waals surface area contributed by atoms with E-state index in [0.717, 1.165) is 0 Å². The van der Waals surface area contributed by atoms with Crippen LogP contribution in [-0.2, 0) is 16.4 Å². The summed E-state index contributed by atoms with van der Waals surface area (Å²) in [6.07, 6.45) is 1.24. The van der Waals surface area contributed by atoms with E-state index in [2.05, 4.69) is 4.72 Å². The van der Waals surface area contributed by atoms with E-state index in [4.69, 9.17) is 5.73 Å². The van der Waals surface area contributed by atoms with Crippen LogP contribution in [0.3, 0.4) is 0 Å². The quantitative estimate of drug-likeness (QED) is 0.782. The number of nitrogens with one attached hydrogen (secondary N) is 1. The lowest BCUT2D eigenvalue weighted by molar-refractivity contribution is 0.561. The molecular weight excluding hydrogens is 248 g/mol. The van der Waals surface area contributed by atoms with Gasteiger partial charge >= 0.3 is 0 Å². The number of sulfonamides is 1. The first-order chi connectivity index (χ1) is 8.51. The van der Waals surface area contributed by atoms with Crippen molar-refractivity contribution in [2.45, 2.75) is 31.9 Å². The van der Waals surface area contributed by atoms with E-state index in [1.165, 1.54) is 11.1 Å². The average molecular weight is 270 g/mol. The van der Waals surface area contributed by atoms with Crippen LogP contribution in [0.25, 0.3) is 0 Å². The van der Waals surface area contributed by atoms with Crippen LogP contribution < -0.4 is 10.5 Å². The van der Waals surface area contributed by atoms with Gasteiger partial charge in [0.1, 0.15) is 0 Å². The van der Waals surface area contributed by atoms with Gasteiger partial charge in [0.05, 0.1) is 5.25 Å². The molecule has 0 heterocycles. The molecule has 0 aliphatic carbocycles. The van der Waals surface area contributed by atoms with Crippen LogP contribution >= 0.6 is 0 Å². The van der Waals surface area contributed by atoms with Crippen molar-refractivity contribution in [2.75, 3.05) is 13.1 Å². The Hall–Kier alpha value is -0.910. The Labute approximate surface area is 110 Å². The topological polar surface area (TPSA) is 72.2 Å². The zero-order valence-electron chi connectivity index (χ0n) is 11.0. The second-order valence-electron chi connectivity index (χ2n) is 4.38. The zero-order valence-corrected chi connectivity index (χ0v) is 11.8. The Morgan fingerprint density at radius 3 is 2.56 bits per heavy atom. The second-order valence-corrected chi connectivity index (χ2v) is 6.43. The number of nitrogens with two attached hydrogens (primary N) is 1. The van der Waals surface area contributed by atoms with Crippen molar-refractivity contribution >= 4 is 10.0 Å². The van der Waals surface area contributed by atoms with Crippen molar-refractivity contribution in [1.82, 2.24) is 4.72 Å². The summed E-state index contributed by atoms with van der Waals surface area (Å²) in [5, 5.41) is -0.491. The number of rotatable bonds is 7. The molecule has 0 saturated heterocycles. The molecular formula is C13H22N2O2S. The van der Waals surface area contributed by atoms with Crippen molar-refractivity contribution in [3.63, 3.8) is 0 Å². The molecule has 0 radical (unpaired) electrons. The smallest absolute Gasteiger partial charge is 0.215 e. The molecule has 0 aliphatic heterocycles. The summed E-state index contributed by atoms with van der Waals surface area (Å²) in [6, 6.07) is 7.98. The highest BCUT2D eigenvalue weighted by atomic mass is 32.2. The lowest BCUT2D eigenvalue weighted by Crippen LogP contribution is -2.39. The van der Waals surface area contributed by atoms with E-state index in [1.54, 1.807) is 0 Å². The van der Waals surface area contributed by atoms with Gasteiger partial charge in [-0.15, -0.1) is 0 Å². The molecule has 1 aromatic carbocycles. The first-order valence-corrected chi connectivity index (χ1v) is 7.79. The maximum Gasteiger partial charge on any atom is 0.215 e. The van der Waals surface area contributed by atoms with Gasteiger partial charge in [0, 0.05) is 13.1 Å². The summed E-state index contributed by atoms with van der Waals surface area (Å²) in [5.41, 5.74) is 7.81. The maximum absolute atomic E-state index is 11.9. The minimum absolute atomic E-state index is 0.163. The second kappa shape index (κ2) is 6.87. The first kappa shape index (κ1) is 15.1. The Kier molecular flexibility index (Phi) is 5.78. The Morgan fingerprint density at radius 2 is 2.00 bits per heavy atom. The van der Waals surface area contributed by atoms with Gasteiger partial charge < -0.3 is 5.73 Å². The van der Waals surface area contributed by atoms with Crippen molar-refractivity contribution in [3.05, 3.63) is 35.4 Å². The number of hydrogen-bond donors (Lipinski definition) is 2. The van der Waals surface area contributed by atoms with Crippen molar-refractivity contribution in [3.8, 4) is 0 Å². The fourth-order valence-corrected chi connectivity index (χ4v) is 3.16. The summed E-state index contributed by atoms with van der Waals surface area (Å²) in [7, 11) is -3.28. The summed E-state index contributed by atoms with van der Waals surface area (Å²) in [6.45, 7) is 4.44. The zero-order chi connectivity index (χ0) is 13.6. The molecule has 102 valence electrons. The van der Waals surface area contributed by atoms with Gasteiger partial charge in [-0.1, -0.05) is 31.2 Å². The normalized spacial score (nSPS) is 13.5. The molecule has 0 fully saturated rings. The molecule has 1 atom stereocenters. The fourth-order valence-electron chi connectivity index (χ4n) is 1.85. The van der Waals surface area contributed by atoms with E-state index in [1.807, 2.05) is 38.1 Å². The molecule has 0 bridgehead atoms. The lowest BCUT2D eigenvalue weighted by atomic mass is 10.1. The Balaban J connectivity index is 2.54. The van der Waals surface area contributed by atoms with Gasteiger partial charge in [-0.25, -0.2) is 13.1 Å². The molecule has 1 rings (SSSR count). The summed E-state index contributed by atoms with van der Waals surface area (Å²) >= 11 is 0. The number of benzene rings is 1. The van der Waals surface area contributed by atoms with Crippen LogP contribution in [0.2, 0.25) is 0 Å². The highest BCUT2D eigenvalue weighted by molar-refractivity contribution is 7.90. The van der Waals surface area contributed by atoms with E-state index < -0.39 is 15.3 Å².